The van der Waals surface area contributed by atoms with Gasteiger partial charge in [0.25, 0.3) is 0 Å². The third-order valence-electron chi connectivity index (χ3n) is 4.49. The summed E-state index contributed by atoms with van der Waals surface area (Å²) in [7, 11) is 1.55. The number of carbonyl (C=O) groups excluding carboxylic acids is 1. The van der Waals surface area contributed by atoms with Gasteiger partial charge in [-0.05, 0) is 41.0 Å². The lowest BCUT2D eigenvalue weighted by Gasteiger charge is -2.32. The molecule has 7 heteroatoms. The molecule has 0 amide bonds. The van der Waals surface area contributed by atoms with Crippen LogP contribution in [0.4, 0.5) is 0 Å². The fourth-order valence-corrected chi connectivity index (χ4v) is 2.53. The van der Waals surface area contributed by atoms with Crippen LogP contribution in [0.1, 0.15) is 41.0 Å². The lowest BCUT2D eigenvalue weighted by Crippen LogP contribution is -2.46. The van der Waals surface area contributed by atoms with Crippen LogP contribution in [0, 0.1) is 0 Å². The zero-order valence-electron chi connectivity index (χ0n) is 13.2. The van der Waals surface area contributed by atoms with Crippen LogP contribution < -0.4 is 5.43 Å². The lowest BCUT2D eigenvalue weighted by molar-refractivity contribution is -0.145. The van der Waals surface area contributed by atoms with Crippen molar-refractivity contribution in [1.82, 2.24) is 10.4 Å². The number of hydrazine groups is 1. The van der Waals surface area contributed by atoms with E-state index in [1.165, 1.54) is 0 Å². The van der Waals surface area contributed by atoms with E-state index in [-0.39, 0.29) is 36.3 Å². The Morgan fingerprint density at radius 1 is 1.35 bits per heavy atom. The highest BCUT2D eigenvalue weighted by molar-refractivity contribution is 6.47. The van der Waals surface area contributed by atoms with Crippen LogP contribution >= 0.6 is 0 Å². The molecule has 0 radical (unpaired) electrons. The molecule has 0 spiro atoms. The van der Waals surface area contributed by atoms with Crippen molar-refractivity contribution < 1.29 is 18.8 Å². The molecule has 20 heavy (non-hydrogen) atoms. The summed E-state index contributed by atoms with van der Waals surface area (Å²) in [5, 5.41) is 1.89. The molecule has 2 atom stereocenters. The van der Waals surface area contributed by atoms with Crippen molar-refractivity contribution >= 4 is 13.1 Å². The van der Waals surface area contributed by atoms with E-state index in [0.717, 1.165) is 0 Å². The normalized spacial score (nSPS) is 32.6. The summed E-state index contributed by atoms with van der Waals surface area (Å²) in [4.78, 5) is 11.8. The minimum atomic E-state index is -0.361. The smallest absolute Gasteiger partial charge is 0.465 e. The predicted molar refractivity (Wildman–Crippen MR) is 75.8 cm³/mol. The van der Waals surface area contributed by atoms with Gasteiger partial charge in [0.2, 0.25) is 0 Å². The van der Waals surface area contributed by atoms with Crippen LogP contribution in [-0.4, -0.2) is 54.9 Å². The second-order valence-corrected chi connectivity index (χ2v) is 6.47. The third kappa shape index (κ3) is 2.72. The Labute approximate surface area is 121 Å². The molecular formula is C13H25BN2O4. The highest BCUT2D eigenvalue weighted by atomic mass is 16.7. The number of hydrogen-bond acceptors (Lipinski definition) is 6. The summed E-state index contributed by atoms with van der Waals surface area (Å²) in [6.07, 6.45) is 0.617. The minimum Gasteiger partial charge on any atom is -0.465 e. The maximum Gasteiger partial charge on any atom is 0.477 e. The van der Waals surface area contributed by atoms with Gasteiger partial charge in [0.15, 0.2) is 0 Å². The van der Waals surface area contributed by atoms with Crippen molar-refractivity contribution in [3.05, 3.63) is 0 Å². The molecule has 2 unspecified atom stereocenters. The van der Waals surface area contributed by atoms with Crippen molar-refractivity contribution in [2.75, 3.05) is 13.7 Å². The van der Waals surface area contributed by atoms with Gasteiger partial charge in [-0.25, -0.2) is 10.4 Å². The van der Waals surface area contributed by atoms with Gasteiger partial charge in [-0.15, -0.1) is 0 Å². The monoisotopic (exact) mass is 284 g/mol. The van der Waals surface area contributed by atoms with Crippen molar-refractivity contribution in [3.8, 4) is 0 Å². The number of nitrogens with zero attached hydrogens (tertiary/aromatic N) is 1. The summed E-state index contributed by atoms with van der Waals surface area (Å²) in [6, 6.07) is -0.330. The highest BCUT2D eigenvalue weighted by Gasteiger charge is 2.56. The first-order valence-corrected chi connectivity index (χ1v) is 7.19. The summed E-state index contributed by atoms with van der Waals surface area (Å²) < 4.78 is 17.2. The van der Waals surface area contributed by atoms with Crippen LogP contribution in [0.5, 0.6) is 0 Å². The largest absolute Gasteiger partial charge is 0.477 e. The third-order valence-corrected chi connectivity index (χ3v) is 4.49. The van der Waals surface area contributed by atoms with E-state index in [1.807, 2.05) is 46.7 Å². The Bertz CT molecular complexity index is 373. The van der Waals surface area contributed by atoms with Crippen LogP contribution in [-0.2, 0) is 18.8 Å². The second kappa shape index (κ2) is 5.29. The van der Waals surface area contributed by atoms with Gasteiger partial charge in [0.1, 0.15) is 6.04 Å². The Morgan fingerprint density at radius 2 is 1.90 bits per heavy atom. The molecule has 2 rings (SSSR count). The van der Waals surface area contributed by atoms with E-state index >= 15 is 0 Å². The predicted octanol–water partition coefficient (Wildman–Crippen LogP) is 0.758. The molecule has 0 aromatic rings. The maximum atomic E-state index is 11.8. The number of ether oxygens (including phenoxy) is 1. The molecule has 2 fully saturated rings. The molecule has 2 heterocycles. The summed E-state index contributed by atoms with van der Waals surface area (Å²) in [5.74, 6) is -0.233. The van der Waals surface area contributed by atoms with E-state index in [1.54, 1.807) is 0 Å². The minimum absolute atomic E-state index is 0.00884. The molecule has 2 aliphatic rings. The van der Waals surface area contributed by atoms with Crippen molar-refractivity contribution in [2.24, 2.45) is 0 Å². The highest BCUT2D eigenvalue weighted by Crippen LogP contribution is 2.39. The van der Waals surface area contributed by atoms with Crippen LogP contribution in [0.2, 0.25) is 0 Å². The first kappa shape index (κ1) is 15.8. The molecule has 114 valence electrons. The van der Waals surface area contributed by atoms with Crippen molar-refractivity contribution in [2.45, 2.75) is 64.2 Å². The molecule has 0 saturated carbocycles. The molecule has 2 aliphatic heterocycles. The Kier molecular flexibility index (Phi) is 4.17. The number of carbonyl (C=O) groups is 1. The van der Waals surface area contributed by atoms with Crippen molar-refractivity contribution in [3.63, 3.8) is 0 Å². The zero-order chi connectivity index (χ0) is 15.1. The van der Waals surface area contributed by atoms with Gasteiger partial charge < -0.3 is 14.0 Å². The van der Waals surface area contributed by atoms with Gasteiger partial charge in [-0.3, -0.25) is 4.79 Å². The number of hydrogen-bond donors (Lipinski definition) is 1. The average Bonchev–Trinajstić information content (AvgIpc) is 2.78. The van der Waals surface area contributed by atoms with E-state index in [2.05, 4.69) is 5.43 Å². The average molecular weight is 284 g/mol. The molecular weight excluding hydrogens is 259 g/mol. The lowest BCUT2D eigenvalue weighted by atomic mass is 9.76. The molecule has 0 aromatic carbocycles. The van der Waals surface area contributed by atoms with Gasteiger partial charge in [0, 0.05) is 7.05 Å². The summed E-state index contributed by atoms with van der Waals surface area (Å²) in [6.45, 7) is 10.3. The second-order valence-electron chi connectivity index (χ2n) is 6.47. The standard InChI is InChI=1S/C13H25BN2O4/c1-7-18-11(17)9-8-10(16(6)15-9)14-19-12(2,3)13(4,5)20-14/h9-10,15H,7-8H2,1-6H3. The number of rotatable bonds is 3. The Hall–Kier alpha value is -0.625. The topological polar surface area (TPSA) is 60.0 Å². The van der Waals surface area contributed by atoms with E-state index in [4.69, 9.17) is 14.0 Å². The first-order valence-electron chi connectivity index (χ1n) is 7.19. The van der Waals surface area contributed by atoms with Crippen LogP contribution in [0.3, 0.4) is 0 Å². The van der Waals surface area contributed by atoms with Gasteiger partial charge in [-0.2, -0.15) is 0 Å². The fraction of sp³-hybridized carbons (Fsp3) is 0.923. The molecule has 0 bridgehead atoms. The SMILES string of the molecule is CCOC(=O)C1CC(B2OC(C)(C)C(C)(C)O2)N(C)N1. The molecule has 1 N–H and O–H groups in total. The van der Waals surface area contributed by atoms with Gasteiger partial charge >= 0.3 is 13.1 Å². The molecule has 0 aliphatic carbocycles. The molecule has 6 nitrogen and oxygen atoms in total. The maximum absolute atomic E-state index is 11.8. The molecule has 0 aromatic heterocycles. The summed E-state index contributed by atoms with van der Waals surface area (Å²) >= 11 is 0. The van der Waals surface area contributed by atoms with E-state index in [9.17, 15) is 4.79 Å². The molecule has 2 saturated heterocycles. The van der Waals surface area contributed by atoms with Gasteiger partial charge in [-0.1, -0.05) is 0 Å². The quantitative estimate of drug-likeness (QED) is 0.610. The van der Waals surface area contributed by atoms with Crippen LogP contribution in [0.25, 0.3) is 0 Å². The van der Waals surface area contributed by atoms with E-state index in [0.29, 0.717) is 13.0 Å². The number of esters is 1. The van der Waals surface area contributed by atoms with Crippen LogP contribution in [0.15, 0.2) is 0 Å². The van der Waals surface area contributed by atoms with Crippen molar-refractivity contribution in [1.29, 1.82) is 0 Å². The van der Waals surface area contributed by atoms with E-state index < -0.39 is 0 Å². The number of nitrogens with one attached hydrogen (secondary N) is 1. The van der Waals surface area contributed by atoms with Gasteiger partial charge in [0.05, 0.1) is 23.8 Å². The fourth-order valence-electron chi connectivity index (χ4n) is 2.53. The Morgan fingerprint density at radius 3 is 2.40 bits per heavy atom. The zero-order valence-corrected chi connectivity index (χ0v) is 13.2. The Balaban J connectivity index is 2.03. The first-order chi connectivity index (χ1) is 9.18. The summed E-state index contributed by atoms with van der Waals surface area (Å²) in [5.41, 5.74) is 2.40.